The minimum Gasteiger partial charge on any atom is -0.492 e. The zero-order valence-corrected chi connectivity index (χ0v) is 13.8. The Balaban J connectivity index is 1.94. The molecule has 0 saturated carbocycles. The van der Waals surface area contributed by atoms with E-state index in [9.17, 15) is 9.59 Å². The monoisotopic (exact) mass is 341 g/mol. The Hall–Kier alpha value is -1.79. The van der Waals surface area contributed by atoms with E-state index in [0.29, 0.717) is 41.8 Å². The van der Waals surface area contributed by atoms with Crippen LogP contribution in [0.4, 0.5) is 5.69 Å². The minimum absolute atomic E-state index is 0.330. The molecule has 1 aliphatic heterocycles. The second kappa shape index (κ2) is 7.66. The fourth-order valence-corrected chi connectivity index (χ4v) is 2.42. The highest BCUT2D eigenvalue weighted by atomic mass is 35.5. The average molecular weight is 342 g/mol. The summed E-state index contributed by atoms with van der Waals surface area (Å²) in [7, 11) is 0. The van der Waals surface area contributed by atoms with Crippen molar-refractivity contribution in [1.29, 1.82) is 0 Å². The molecule has 1 fully saturated rings. The van der Waals surface area contributed by atoms with Crippen molar-refractivity contribution in [1.82, 2.24) is 0 Å². The van der Waals surface area contributed by atoms with E-state index in [2.05, 4.69) is 5.32 Å². The summed E-state index contributed by atoms with van der Waals surface area (Å²) in [5.74, 6) is -0.482. The predicted octanol–water partition coefficient (Wildman–Crippen LogP) is 2.95. The van der Waals surface area contributed by atoms with Gasteiger partial charge in [-0.2, -0.15) is 0 Å². The number of hydrogen-bond acceptors (Lipinski definition) is 4. The maximum atomic E-state index is 12.1. The van der Waals surface area contributed by atoms with Crippen LogP contribution in [-0.2, 0) is 14.3 Å². The largest absolute Gasteiger partial charge is 0.492 e. The number of carboxylic acid groups (broad SMARTS) is 1. The van der Waals surface area contributed by atoms with E-state index in [-0.39, 0.29) is 5.91 Å². The first kappa shape index (κ1) is 17.6. The number of hydrogen-bond donors (Lipinski definition) is 2. The van der Waals surface area contributed by atoms with Crippen LogP contribution >= 0.6 is 11.6 Å². The van der Waals surface area contributed by atoms with Gasteiger partial charge in [0.1, 0.15) is 11.9 Å². The summed E-state index contributed by atoms with van der Waals surface area (Å²) < 4.78 is 10.8. The summed E-state index contributed by atoms with van der Waals surface area (Å²) in [5.41, 5.74) is 0.513. The van der Waals surface area contributed by atoms with Crippen molar-refractivity contribution in [2.75, 3.05) is 11.9 Å². The first-order valence-corrected chi connectivity index (χ1v) is 7.86. The van der Waals surface area contributed by atoms with Crippen LogP contribution in [0.25, 0.3) is 0 Å². The van der Waals surface area contributed by atoms with Crippen LogP contribution in [0.15, 0.2) is 18.2 Å². The lowest BCUT2D eigenvalue weighted by Gasteiger charge is -2.14. The highest BCUT2D eigenvalue weighted by Crippen LogP contribution is 2.29. The van der Waals surface area contributed by atoms with Gasteiger partial charge in [0.25, 0.3) is 5.91 Å². The standard InChI is InChI=1S/C16H20ClNO5/c1-9(2)8-22-12-4-3-10(7-11(12)17)18-15(19)13-5-6-14(23-13)16(20)21/h3-4,7,9,13-14H,5-6,8H2,1-2H3,(H,18,19)(H,20,21)/t13-,14+/m0/s1. The molecule has 1 heterocycles. The molecule has 0 bridgehead atoms. The lowest BCUT2D eigenvalue weighted by Crippen LogP contribution is -2.29. The number of rotatable bonds is 6. The Morgan fingerprint density at radius 3 is 2.65 bits per heavy atom. The highest BCUT2D eigenvalue weighted by molar-refractivity contribution is 6.32. The molecular formula is C16H20ClNO5. The van der Waals surface area contributed by atoms with Crippen molar-refractivity contribution >= 4 is 29.2 Å². The first-order valence-electron chi connectivity index (χ1n) is 7.48. The minimum atomic E-state index is -1.05. The van der Waals surface area contributed by atoms with E-state index in [0.717, 1.165) is 0 Å². The molecule has 126 valence electrons. The number of aliphatic carboxylic acids is 1. The van der Waals surface area contributed by atoms with Crippen LogP contribution < -0.4 is 10.1 Å². The van der Waals surface area contributed by atoms with E-state index in [4.69, 9.17) is 26.2 Å². The van der Waals surface area contributed by atoms with Crippen molar-refractivity contribution in [2.45, 2.75) is 38.9 Å². The summed E-state index contributed by atoms with van der Waals surface area (Å²) in [6.07, 6.45) is -0.963. The number of nitrogens with one attached hydrogen (secondary N) is 1. The van der Waals surface area contributed by atoms with Crippen molar-refractivity contribution in [3.8, 4) is 5.75 Å². The number of carboxylic acids is 1. The topological polar surface area (TPSA) is 84.9 Å². The zero-order chi connectivity index (χ0) is 17.0. The average Bonchev–Trinajstić information content (AvgIpc) is 2.96. The summed E-state index contributed by atoms with van der Waals surface area (Å²) in [5, 5.41) is 12.0. The van der Waals surface area contributed by atoms with Crippen molar-refractivity contribution in [3.05, 3.63) is 23.2 Å². The molecule has 1 saturated heterocycles. The number of anilines is 1. The molecule has 0 aliphatic carbocycles. The Labute approximate surface area is 139 Å². The number of carbonyl (C=O) groups excluding carboxylic acids is 1. The molecule has 0 aromatic heterocycles. The van der Waals surface area contributed by atoms with Gasteiger partial charge < -0.3 is 19.9 Å². The third-order valence-electron chi connectivity index (χ3n) is 3.36. The van der Waals surface area contributed by atoms with Crippen molar-refractivity contribution < 1.29 is 24.2 Å². The molecule has 0 unspecified atom stereocenters. The quantitative estimate of drug-likeness (QED) is 0.831. The summed E-state index contributed by atoms with van der Waals surface area (Å²) in [6, 6.07) is 4.97. The molecule has 2 atom stereocenters. The number of halogens is 1. The third-order valence-corrected chi connectivity index (χ3v) is 3.65. The van der Waals surface area contributed by atoms with E-state index >= 15 is 0 Å². The van der Waals surface area contributed by atoms with Gasteiger partial charge in [0, 0.05) is 5.69 Å². The normalized spacial score (nSPS) is 20.5. The van der Waals surface area contributed by atoms with Crippen LogP contribution in [0.3, 0.4) is 0 Å². The molecule has 7 heteroatoms. The van der Waals surface area contributed by atoms with Crippen LogP contribution in [-0.4, -0.2) is 35.8 Å². The number of amides is 1. The second-order valence-corrected chi connectivity index (χ2v) is 6.28. The molecule has 23 heavy (non-hydrogen) atoms. The summed E-state index contributed by atoms with van der Waals surface area (Å²) in [4.78, 5) is 22.9. The van der Waals surface area contributed by atoms with Gasteiger partial charge in [-0.3, -0.25) is 4.79 Å². The molecule has 2 rings (SSSR count). The van der Waals surface area contributed by atoms with Crippen LogP contribution in [0.1, 0.15) is 26.7 Å². The first-order chi connectivity index (χ1) is 10.9. The zero-order valence-electron chi connectivity index (χ0n) is 13.0. The summed E-state index contributed by atoms with van der Waals surface area (Å²) >= 11 is 6.14. The second-order valence-electron chi connectivity index (χ2n) is 5.87. The maximum Gasteiger partial charge on any atom is 0.332 e. The fourth-order valence-electron chi connectivity index (χ4n) is 2.19. The maximum absolute atomic E-state index is 12.1. The molecule has 2 N–H and O–H groups in total. The number of benzene rings is 1. The highest BCUT2D eigenvalue weighted by Gasteiger charge is 2.34. The molecule has 1 amide bonds. The predicted molar refractivity (Wildman–Crippen MR) is 85.9 cm³/mol. The van der Waals surface area contributed by atoms with Gasteiger partial charge in [0.15, 0.2) is 6.10 Å². The van der Waals surface area contributed by atoms with Crippen molar-refractivity contribution in [2.24, 2.45) is 5.92 Å². The third kappa shape index (κ3) is 4.84. The van der Waals surface area contributed by atoms with Gasteiger partial charge in [-0.05, 0) is 37.0 Å². The number of carbonyl (C=O) groups is 2. The van der Waals surface area contributed by atoms with E-state index in [1.54, 1.807) is 18.2 Å². The van der Waals surface area contributed by atoms with Gasteiger partial charge in [0.2, 0.25) is 0 Å². The Bertz CT molecular complexity index is 590. The molecule has 1 aliphatic rings. The van der Waals surface area contributed by atoms with E-state index in [1.165, 1.54) is 0 Å². The Morgan fingerprint density at radius 2 is 2.09 bits per heavy atom. The van der Waals surface area contributed by atoms with Crippen LogP contribution in [0, 0.1) is 5.92 Å². The fraction of sp³-hybridized carbons (Fsp3) is 0.500. The molecule has 0 radical (unpaired) electrons. The van der Waals surface area contributed by atoms with E-state index in [1.807, 2.05) is 13.8 Å². The molecule has 1 aromatic carbocycles. The SMILES string of the molecule is CC(C)COc1ccc(NC(=O)[C@@H]2CC[C@H](C(=O)O)O2)cc1Cl. The van der Waals surface area contributed by atoms with Gasteiger partial charge >= 0.3 is 5.97 Å². The molecule has 1 aromatic rings. The van der Waals surface area contributed by atoms with Gasteiger partial charge in [-0.15, -0.1) is 0 Å². The van der Waals surface area contributed by atoms with E-state index < -0.39 is 18.2 Å². The lowest BCUT2D eigenvalue weighted by molar-refractivity contribution is -0.150. The lowest BCUT2D eigenvalue weighted by atomic mass is 10.2. The van der Waals surface area contributed by atoms with Crippen LogP contribution in [0.2, 0.25) is 5.02 Å². The van der Waals surface area contributed by atoms with Crippen LogP contribution in [0.5, 0.6) is 5.75 Å². The number of ether oxygens (including phenoxy) is 2. The molecule has 0 spiro atoms. The Kier molecular flexibility index (Phi) is 5.85. The van der Waals surface area contributed by atoms with Gasteiger partial charge in [-0.1, -0.05) is 25.4 Å². The van der Waals surface area contributed by atoms with Gasteiger partial charge in [-0.25, -0.2) is 4.79 Å². The van der Waals surface area contributed by atoms with Gasteiger partial charge in [0.05, 0.1) is 11.6 Å². The summed E-state index contributed by atoms with van der Waals surface area (Å²) in [6.45, 7) is 4.63. The molecular weight excluding hydrogens is 322 g/mol. The van der Waals surface area contributed by atoms with Crippen molar-refractivity contribution in [3.63, 3.8) is 0 Å². The smallest absolute Gasteiger partial charge is 0.332 e. The Morgan fingerprint density at radius 1 is 1.39 bits per heavy atom. The molecule has 6 nitrogen and oxygen atoms in total.